The molecule has 1 amide bonds. The van der Waals surface area contributed by atoms with E-state index in [1.807, 2.05) is 18.2 Å². The van der Waals surface area contributed by atoms with Crippen molar-refractivity contribution in [1.82, 2.24) is 20.8 Å². The van der Waals surface area contributed by atoms with Crippen LogP contribution in [0.4, 0.5) is 0 Å². The summed E-state index contributed by atoms with van der Waals surface area (Å²) in [6.07, 6.45) is 4.81. The van der Waals surface area contributed by atoms with Gasteiger partial charge in [-0.2, -0.15) is 4.98 Å². The third-order valence-electron chi connectivity index (χ3n) is 6.11. The van der Waals surface area contributed by atoms with E-state index in [1.165, 1.54) is 0 Å². The van der Waals surface area contributed by atoms with Gasteiger partial charge in [0.05, 0.1) is 31.3 Å². The van der Waals surface area contributed by atoms with Crippen LogP contribution in [0.2, 0.25) is 0 Å². The Balaban J connectivity index is 1.44. The summed E-state index contributed by atoms with van der Waals surface area (Å²) in [5, 5.41) is 10.8. The molecule has 0 bridgehead atoms. The number of benzene rings is 1. The molecule has 1 atom stereocenters. The van der Waals surface area contributed by atoms with Crippen LogP contribution in [0.15, 0.2) is 22.7 Å². The average molecular weight is 429 g/mol. The van der Waals surface area contributed by atoms with Crippen molar-refractivity contribution in [1.29, 1.82) is 0 Å². The van der Waals surface area contributed by atoms with Gasteiger partial charge in [0.2, 0.25) is 11.8 Å². The minimum Gasteiger partial charge on any atom is -0.490 e. The fourth-order valence-corrected chi connectivity index (χ4v) is 4.43. The molecule has 1 aromatic carbocycles. The molecule has 2 heterocycles. The van der Waals surface area contributed by atoms with Crippen LogP contribution in [0.5, 0.6) is 11.5 Å². The SMILES string of the molecule is Cc1nc(C2(NCC(=O)NC(c3ccc4c(c3)OCCCO4)C(C)C)CCCC2)no1. The number of aromatic nitrogens is 2. The predicted molar refractivity (Wildman–Crippen MR) is 115 cm³/mol. The standard InChI is InChI=1S/C23H32N4O4/c1-15(2)21(17-7-8-18-19(13-17)30-12-6-11-29-18)26-20(28)14-24-23(9-4-5-10-23)22-25-16(3)31-27-22/h7-8,13,15,21,24H,4-6,9-12,14H2,1-3H3,(H,26,28). The largest absolute Gasteiger partial charge is 0.490 e. The third-order valence-corrected chi connectivity index (χ3v) is 6.11. The van der Waals surface area contributed by atoms with E-state index >= 15 is 0 Å². The second kappa shape index (κ2) is 9.26. The van der Waals surface area contributed by atoms with E-state index in [0.29, 0.717) is 24.9 Å². The Labute approximate surface area is 183 Å². The third kappa shape index (κ3) is 4.84. The number of hydrogen-bond donors (Lipinski definition) is 2. The first-order valence-corrected chi connectivity index (χ1v) is 11.2. The highest BCUT2D eigenvalue weighted by Crippen LogP contribution is 2.37. The topological polar surface area (TPSA) is 98.5 Å². The van der Waals surface area contributed by atoms with Crippen molar-refractivity contribution in [2.75, 3.05) is 19.8 Å². The molecule has 1 saturated carbocycles. The molecule has 8 nitrogen and oxygen atoms in total. The van der Waals surface area contributed by atoms with Crippen LogP contribution >= 0.6 is 0 Å². The van der Waals surface area contributed by atoms with Gasteiger partial charge >= 0.3 is 0 Å². The van der Waals surface area contributed by atoms with Crippen LogP contribution in [0.25, 0.3) is 0 Å². The number of ether oxygens (including phenoxy) is 2. The van der Waals surface area contributed by atoms with E-state index in [-0.39, 0.29) is 24.4 Å². The molecule has 2 aliphatic rings. The zero-order valence-electron chi connectivity index (χ0n) is 18.6. The number of nitrogens with one attached hydrogen (secondary N) is 2. The van der Waals surface area contributed by atoms with Crippen LogP contribution in [0.3, 0.4) is 0 Å². The number of fused-ring (bicyclic) bond motifs is 1. The van der Waals surface area contributed by atoms with Crippen LogP contribution in [-0.2, 0) is 10.3 Å². The number of aryl methyl sites for hydroxylation is 1. The summed E-state index contributed by atoms with van der Waals surface area (Å²) in [5.41, 5.74) is 0.620. The van der Waals surface area contributed by atoms with Crippen molar-refractivity contribution in [2.24, 2.45) is 5.92 Å². The van der Waals surface area contributed by atoms with Crippen molar-refractivity contribution >= 4 is 5.91 Å². The van der Waals surface area contributed by atoms with E-state index in [2.05, 4.69) is 34.6 Å². The fourth-order valence-electron chi connectivity index (χ4n) is 4.43. The van der Waals surface area contributed by atoms with Crippen LogP contribution in [0, 0.1) is 12.8 Å². The van der Waals surface area contributed by atoms with Crippen molar-refractivity contribution in [2.45, 2.75) is 64.5 Å². The zero-order chi connectivity index (χ0) is 21.8. The van der Waals surface area contributed by atoms with Crippen molar-refractivity contribution in [3.05, 3.63) is 35.5 Å². The van der Waals surface area contributed by atoms with Crippen LogP contribution < -0.4 is 20.1 Å². The smallest absolute Gasteiger partial charge is 0.234 e. The van der Waals surface area contributed by atoms with Gasteiger partial charge in [0.1, 0.15) is 0 Å². The number of amides is 1. The molecule has 168 valence electrons. The molecule has 1 fully saturated rings. The molecule has 1 aliphatic carbocycles. The van der Waals surface area contributed by atoms with E-state index in [4.69, 9.17) is 14.0 Å². The highest BCUT2D eigenvalue weighted by molar-refractivity contribution is 5.78. The number of carbonyl (C=O) groups is 1. The Hall–Kier alpha value is -2.61. The lowest BCUT2D eigenvalue weighted by atomic mass is 9.95. The average Bonchev–Trinajstić information content (AvgIpc) is 3.34. The van der Waals surface area contributed by atoms with E-state index in [9.17, 15) is 4.79 Å². The van der Waals surface area contributed by atoms with Gasteiger partial charge in [-0.25, -0.2) is 0 Å². The van der Waals surface area contributed by atoms with E-state index in [0.717, 1.165) is 49.2 Å². The summed E-state index contributed by atoms with van der Waals surface area (Å²) in [4.78, 5) is 17.3. The molecule has 0 saturated heterocycles. The van der Waals surface area contributed by atoms with Crippen molar-refractivity contribution in [3.8, 4) is 11.5 Å². The lowest BCUT2D eigenvalue weighted by Crippen LogP contribution is -2.47. The first-order chi connectivity index (χ1) is 15.0. The minimum absolute atomic E-state index is 0.0581. The molecule has 4 rings (SSSR count). The van der Waals surface area contributed by atoms with E-state index < -0.39 is 5.54 Å². The van der Waals surface area contributed by atoms with Gasteiger partial charge in [-0.15, -0.1) is 0 Å². The number of rotatable bonds is 7. The molecule has 31 heavy (non-hydrogen) atoms. The molecular formula is C23H32N4O4. The maximum Gasteiger partial charge on any atom is 0.234 e. The Bertz CT molecular complexity index is 905. The second-order valence-electron chi connectivity index (χ2n) is 8.83. The van der Waals surface area contributed by atoms with Crippen LogP contribution in [-0.4, -0.2) is 35.8 Å². The monoisotopic (exact) mass is 428 g/mol. The van der Waals surface area contributed by atoms with Gasteiger partial charge in [0.25, 0.3) is 0 Å². The minimum atomic E-state index is -0.391. The second-order valence-corrected chi connectivity index (χ2v) is 8.83. The van der Waals surface area contributed by atoms with Gasteiger partial charge < -0.3 is 19.3 Å². The van der Waals surface area contributed by atoms with Gasteiger partial charge in [0, 0.05) is 13.3 Å². The zero-order valence-corrected chi connectivity index (χ0v) is 18.6. The quantitative estimate of drug-likeness (QED) is 0.697. The summed E-state index contributed by atoms with van der Waals surface area (Å²) in [6.45, 7) is 7.47. The number of nitrogens with zero attached hydrogens (tertiary/aromatic N) is 2. The lowest BCUT2D eigenvalue weighted by molar-refractivity contribution is -0.121. The summed E-state index contributed by atoms with van der Waals surface area (Å²) in [7, 11) is 0. The summed E-state index contributed by atoms with van der Waals surface area (Å²) in [6, 6.07) is 5.80. The molecule has 1 aromatic heterocycles. The molecular weight excluding hydrogens is 396 g/mol. The summed E-state index contributed by atoms with van der Waals surface area (Å²) in [5.74, 6) is 2.85. The molecule has 2 N–H and O–H groups in total. The lowest BCUT2D eigenvalue weighted by Gasteiger charge is -2.28. The van der Waals surface area contributed by atoms with Gasteiger partial charge in [0.15, 0.2) is 17.3 Å². The highest BCUT2D eigenvalue weighted by Gasteiger charge is 2.40. The van der Waals surface area contributed by atoms with Crippen molar-refractivity contribution < 1.29 is 18.8 Å². The summed E-state index contributed by atoms with van der Waals surface area (Å²) < 4.78 is 16.8. The number of carbonyl (C=O) groups excluding carboxylic acids is 1. The normalized spacial score (nSPS) is 18.6. The summed E-state index contributed by atoms with van der Waals surface area (Å²) >= 11 is 0. The van der Waals surface area contributed by atoms with Crippen molar-refractivity contribution in [3.63, 3.8) is 0 Å². The van der Waals surface area contributed by atoms with Gasteiger partial charge in [-0.1, -0.05) is 37.9 Å². The molecule has 8 heteroatoms. The van der Waals surface area contributed by atoms with Crippen LogP contribution in [0.1, 0.15) is 69.3 Å². The predicted octanol–water partition coefficient (Wildman–Crippen LogP) is 3.41. The Morgan fingerprint density at radius 2 is 1.87 bits per heavy atom. The number of hydrogen-bond acceptors (Lipinski definition) is 7. The first-order valence-electron chi connectivity index (χ1n) is 11.2. The molecule has 0 radical (unpaired) electrons. The maximum atomic E-state index is 12.9. The Morgan fingerprint density at radius 1 is 1.13 bits per heavy atom. The Morgan fingerprint density at radius 3 is 2.55 bits per heavy atom. The Kier molecular flexibility index (Phi) is 6.46. The van der Waals surface area contributed by atoms with E-state index in [1.54, 1.807) is 6.92 Å². The van der Waals surface area contributed by atoms with Gasteiger partial charge in [-0.3, -0.25) is 10.1 Å². The van der Waals surface area contributed by atoms with Gasteiger partial charge in [-0.05, 0) is 36.5 Å². The first kappa shape index (κ1) is 21.6. The highest BCUT2D eigenvalue weighted by atomic mass is 16.5. The molecule has 2 aromatic rings. The molecule has 1 unspecified atom stereocenters. The molecule has 1 aliphatic heterocycles. The molecule has 0 spiro atoms. The maximum absolute atomic E-state index is 12.9. The fraction of sp³-hybridized carbons (Fsp3) is 0.609.